The molecule has 0 spiro atoms. The maximum absolute atomic E-state index is 12.0. The summed E-state index contributed by atoms with van der Waals surface area (Å²) in [5.74, 6) is 0.199. The Morgan fingerprint density at radius 1 is 0.650 bits per heavy atom. The number of Topliss-reactive ketones (excluding diaryl/α,β-unsaturated/α-hetero) is 1. The number of unbranched alkanes of at least 4 members (excludes halogenated alkanes) is 8. The third kappa shape index (κ3) is 8.85. The van der Waals surface area contributed by atoms with E-state index in [2.05, 4.69) is 63.2 Å². The van der Waals surface area contributed by atoms with Gasteiger partial charge in [0.1, 0.15) is 5.78 Å². The first-order valence-corrected chi connectivity index (χ1v) is 16.1. The molecule has 1 aliphatic heterocycles. The van der Waals surface area contributed by atoms with Crippen molar-refractivity contribution in [2.45, 2.75) is 130 Å². The van der Waals surface area contributed by atoms with Gasteiger partial charge in [0.15, 0.2) is 0 Å². The van der Waals surface area contributed by atoms with Crippen molar-refractivity contribution >= 4 is 17.2 Å². The number of benzene rings is 2. The molecule has 2 aromatic rings. The van der Waals surface area contributed by atoms with E-state index in [-0.39, 0.29) is 5.78 Å². The molecular weight excluding hydrogens is 488 g/mol. The fraction of sp³-hybridized carbons (Fsp3) is 0.541. The van der Waals surface area contributed by atoms with Gasteiger partial charge in [0.25, 0.3) is 0 Å². The van der Waals surface area contributed by atoms with Gasteiger partial charge in [-0.25, -0.2) is 4.70 Å². The molecule has 2 aromatic carbocycles. The molecule has 3 heteroatoms. The largest absolute Gasteiger partial charge is 0.493 e. The van der Waals surface area contributed by atoms with E-state index in [0.717, 1.165) is 60.2 Å². The second-order valence-corrected chi connectivity index (χ2v) is 11.6. The predicted molar refractivity (Wildman–Crippen MR) is 170 cm³/mol. The SMILES string of the molecule is CCCCCCCCC1=C(c2ccc(CCCC)cc2)[N+](=[N-])C(c2ccccc2CCC(C)=O)=C1CCCCC. The summed E-state index contributed by atoms with van der Waals surface area (Å²) < 4.78 is 1.50. The summed E-state index contributed by atoms with van der Waals surface area (Å²) in [5, 5.41) is 0. The minimum absolute atomic E-state index is 0.199. The number of rotatable bonds is 19. The van der Waals surface area contributed by atoms with Gasteiger partial charge < -0.3 is 10.3 Å². The molecule has 3 rings (SSSR count). The van der Waals surface area contributed by atoms with Crippen LogP contribution in [0.4, 0.5) is 0 Å². The minimum atomic E-state index is 0.199. The van der Waals surface area contributed by atoms with E-state index >= 15 is 0 Å². The molecule has 0 atom stereocenters. The van der Waals surface area contributed by atoms with E-state index in [9.17, 15) is 10.3 Å². The standard InChI is InChI=1S/C37H52N2O/c1-5-8-11-12-13-15-22-34-35(21-14-9-6-2)37(33-20-17-16-19-31(33)26-23-29(4)40)39(38)36(34)32-27-24-30(25-28-32)18-10-7-3/h16-17,19-20,24-25,27-28H,5-15,18,21-23,26H2,1-4H3. The van der Waals surface area contributed by atoms with E-state index in [4.69, 9.17) is 0 Å². The highest BCUT2D eigenvalue weighted by atomic mass is 16.1. The first-order valence-electron chi connectivity index (χ1n) is 16.1. The Morgan fingerprint density at radius 2 is 1.23 bits per heavy atom. The lowest BCUT2D eigenvalue weighted by Crippen LogP contribution is -2.06. The highest BCUT2D eigenvalue weighted by molar-refractivity contribution is 5.83. The lowest BCUT2D eigenvalue weighted by molar-refractivity contribution is -0.345. The predicted octanol–water partition coefficient (Wildman–Crippen LogP) is 11.1. The molecule has 0 aromatic heterocycles. The van der Waals surface area contributed by atoms with Crippen LogP contribution in [0.3, 0.4) is 0 Å². The second-order valence-electron chi connectivity index (χ2n) is 11.6. The number of aryl methyl sites for hydroxylation is 2. The van der Waals surface area contributed by atoms with Crippen molar-refractivity contribution < 1.29 is 9.49 Å². The molecule has 0 radical (unpaired) electrons. The van der Waals surface area contributed by atoms with Crippen LogP contribution in [0.25, 0.3) is 16.9 Å². The molecule has 40 heavy (non-hydrogen) atoms. The summed E-state index contributed by atoms with van der Waals surface area (Å²) in [4.78, 5) is 11.9. The van der Waals surface area contributed by atoms with Gasteiger partial charge in [-0.3, -0.25) is 0 Å². The Balaban J connectivity index is 2.05. The zero-order chi connectivity index (χ0) is 28.7. The van der Waals surface area contributed by atoms with Gasteiger partial charge in [0.05, 0.1) is 0 Å². The van der Waals surface area contributed by atoms with E-state index in [1.165, 1.54) is 79.2 Å². The zero-order valence-electron chi connectivity index (χ0n) is 25.7. The van der Waals surface area contributed by atoms with Crippen LogP contribution in [-0.2, 0) is 17.6 Å². The normalized spacial score (nSPS) is 13.6. The molecule has 3 nitrogen and oxygen atoms in total. The van der Waals surface area contributed by atoms with Gasteiger partial charge in [0.2, 0.25) is 11.4 Å². The van der Waals surface area contributed by atoms with Crippen LogP contribution in [0.1, 0.15) is 140 Å². The Hall–Kier alpha value is -2.81. The Labute approximate surface area is 244 Å². The maximum Gasteiger partial charge on any atom is 0.211 e. The smallest absolute Gasteiger partial charge is 0.211 e. The fourth-order valence-corrected chi connectivity index (χ4v) is 5.89. The number of ketones is 1. The lowest BCUT2D eigenvalue weighted by Gasteiger charge is -2.13. The van der Waals surface area contributed by atoms with Crippen molar-refractivity contribution in [2.75, 3.05) is 0 Å². The molecule has 0 unspecified atom stereocenters. The number of hydrogen-bond donors (Lipinski definition) is 0. The Bertz CT molecular complexity index is 1170. The third-order valence-electron chi connectivity index (χ3n) is 8.24. The van der Waals surface area contributed by atoms with Crippen LogP contribution in [0.5, 0.6) is 0 Å². The second kappa shape index (κ2) is 17.1. The van der Waals surface area contributed by atoms with Crippen molar-refractivity contribution in [3.63, 3.8) is 0 Å². The quantitative estimate of drug-likeness (QED) is 0.129. The van der Waals surface area contributed by atoms with Gasteiger partial charge >= 0.3 is 0 Å². The molecule has 0 bridgehead atoms. The monoisotopic (exact) mass is 540 g/mol. The molecule has 0 saturated heterocycles. The first kappa shape index (κ1) is 31.7. The lowest BCUT2D eigenvalue weighted by atomic mass is 9.90. The van der Waals surface area contributed by atoms with Gasteiger partial charge in [-0.15, -0.1) is 0 Å². The molecule has 1 aliphatic rings. The molecule has 0 fully saturated rings. The average molecular weight is 541 g/mol. The number of nitrogens with zero attached hydrogens (tertiary/aromatic N) is 2. The number of carbonyl (C=O) groups is 1. The average Bonchev–Trinajstić information content (AvgIpc) is 3.23. The summed E-state index contributed by atoms with van der Waals surface area (Å²) in [5.41, 5.74) is 21.1. The highest BCUT2D eigenvalue weighted by Gasteiger charge is 2.36. The number of allylic oxidation sites excluding steroid dienone is 2. The summed E-state index contributed by atoms with van der Waals surface area (Å²) in [7, 11) is 0. The van der Waals surface area contributed by atoms with Crippen molar-refractivity contribution in [1.82, 2.24) is 0 Å². The molecular formula is C37H52N2O. The third-order valence-corrected chi connectivity index (χ3v) is 8.24. The van der Waals surface area contributed by atoms with Crippen molar-refractivity contribution in [3.05, 3.63) is 87.5 Å². The van der Waals surface area contributed by atoms with E-state index < -0.39 is 0 Å². The van der Waals surface area contributed by atoms with Gasteiger partial charge in [-0.2, -0.15) is 0 Å². The van der Waals surface area contributed by atoms with Gasteiger partial charge in [-0.05, 0) is 81.2 Å². The van der Waals surface area contributed by atoms with Crippen LogP contribution in [-0.4, -0.2) is 10.5 Å². The summed E-state index contributed by atoms with van der Waals surface area (Å²) in [6, 6.07) is 17.3. The van der Waals surface area contributed by atoms with E-state index in [1.54, 1.807) is 6.92 Å². The van der Waals surface area contributed by atoms with Crippen LogP contribution < -0.4 is 0 Å². The maximum atomic E-state index is 12.0. The fourth-order valence-electron chi connectivity index (χ4n) is 5.89. The van der Waals surface area contributed by atoms with Crippen molar-refractivity contribution in [2.24, 2.45) is 0 Å². The molecule has 216 valence electrons. The number of carbonyl (C=O) groups excluding carboxylic acids is 1. The Morgan fingerprint density at radius 3 is 1.90 bits per heavy atom. The highest BCUT2D eigenvalue weighted by Crippen LogP contribution is 2.45. The van der Waals surface area contributed by atoms with Crippen molar-refractivity contribution in [3.8, 4) is 0 Å². The van der Waals surface area contributed by atoms with Crippen LogP contribution >= 0.6 is 0 Å². The Kier molecular flexibility index (Phi) is 13.6. The van der Waals surface area contributed by atoms with Gasteiger partial charge in [-0.1, -0.05) is 102 Å². The molecule has 1 heterocycles. The summed E-state index contributed by atoms with van der Waals surface area (Å²) in [6.45, 7) is 8.41. The topological polar surface area (TPSA) is 42.4 Å². The molecule has 0 amide bonds. The van der Waals surface area contributed by atoms with E-state index in [1.807, 2.05) is 6.07 Å². The first-order chi connectivity index (χ1) is 19.5. The molecule has 0 aliphatic carbocycles. The van der Waals surface area contributed by atoms with Crippen LogP contribution in [0.15, 0.2) is 59.7 Å². The van der Waals surface area contributed by atoms with E-state index in [0.29, 0.717) is 12.8 Å². The summed E-state index contributed by atoms with van der Waals surface area (Å²) in [6.07, 6.45) is 17.6. The minimum Gasteiger partial charge on any atom is -0.493 e. The summed E-state index contributed by atoms with van der Waals surface area (Å²) >= 11 is 0. The van der Waals surface area contributed by atoms with Gasteiger partial charge in [0, 0.05) is 28.7 Å². The van der Waals surface area contributed by atoms with Crippen molar-refractivity contribution in [1.29, 1.82) is 0 Å². The zero-order valence-corrected chi connectivity index (χ0v) is 25.7. The number of hydrogen-bond acceptors (Lipinski definition) is 1. The van der Waals surface area contributed by atoms with Crippen LogP contribution in [0.2, 0.25) is 0 Å². The molecule has 0 saturated carbocycles. The molecule has 0 N–H and O–H groups in total. The van der Waals surface area contributed by atoms with Crippen LogP contribution in [0, 0.1) is 0 Å².